The van der Waals surface area contributed by atoms with Crippen LogP contribution in [-0.4, -0.2) is 49.6 Å². The number of likely N-dealkylation sites (tertiary alicyclic amines) is 1. The van der Waals surface area contributed by atoms with E-state index in [0.717, 1.165) is 50.7 Å². The van der Waals surface area contributed by atoms with Crippen LogP contribution in [-0.2, 0) is 17.8 Å². The number of guanidine groups is 1. The molecule has 0 aliphatic carbocycles. The lowest BCUT2D eigenvalue weighted by atomic mass is 9.98. The van der Waals surface area contributed by atoms with E-state index in [-0.39, 0.29) is 35.9 Å². The molecule has 0 radical (unpaired) electrons. The predicted molar refractivity (Wildman–Crippen MR) is 140 cm³/mol. The van der Waals surface area contributed by atoms with Crippen LogP contribution in [0.25, 0.3) is 11.1 Å². The highest BCUT2D eigenvalue weighted by molar-refractivity contribution is 14.0. The molecule has 6 nitrogen and oxygen atoms in total. The second-order valence-corrected chi connectivity index (χ2v) is 8.22. The highest BCUT2D eigenvalue weighted by atomic mass is 127. The molecule has 2 N–H and O–H groups in total. The highest BCUT2D eigenvalue weighted by Gasteiger charge is 2.25. The topological polar surface area (TPSA) is 66.0 Å². The highest BCUT2D eigenvalue weighted by Crippen LogP contribution is 2.30. The third-order valence-electron chi connectivity index (χ3n) is 6.06. The molecule has 1 atom stereocenters. The molecule has 2 aliphatic rings. The summed E-state index contributed by atoms with van der Waals surface area (Å²) in [6.07, 6.45) is 3.69. The number of nitrogens with zero attached hydrogens (tertiary/aromatic N) is 2. The van der Waals surface area contributed by atoms with Gasteiger partial charge in [-0.1, -0.05) is 37.3 Å². The lowest BCUT2D eigenvalue weighted by Crippen LogP contribution is -2.44. The lowest BCUT2D eigenvalue weighted by Gasteiger charge is -2.19. The first-order valence-electron chi connectivity index (χ1n) is 11.3. The molecule has 1 fully saturated rings. The van der Waals surface area contributed by atoms with Crippen LogP contribution in [0.3, 0.4) is 0 Å². The summed E-state index contributed by atoms with van der Waals surface area (Å²) in [5.41, 5.74) is 4.94. The van der Waals surface area contributed by atoms with E-state index in [9.17, 15) is 4.79 Å². The number of halogens is 1. The van der Waals surface area contributed by atoms with Crippen LogP contribution in [0.5, 0.6) is 5.75 Å². The minimum Gasteiger partial charge on any atom is -0.493 e. The van der Waals surface area contributed by atoms with E-state index in [1.807, 2.05) is 11.8 Å². The largest absolute Gasteiger partial charge is 0.493 e. The van der Waals surface area contributed by atoms with Crippen molar-refractivity contribution < 1.29 is 9.53 Å². The monoisotopic (exact) mass is 548 g/mol. The molecule has 1 saturated heterocycles. The molecular formula is C25H33IN4O2. The van der Waals surface area contributed by atoms with Crippen LogP contribution >= 0.6 is 24.0 Å². The van der Waals surface area contributed by atoms with Gasteiger partial charge in [0.1, 0.15) is 5.75 Å². The molecule has 4 rings (SSSR count). The molecule has 2 aromatic rings. The molecule has 0 aromatic heterocycles. The van der Waals surface area contributed by atoms with Crippen LogP contribution in [0.15, 0.2) is 47.5 Å². The Morgan fingerprint density at radius 3 is 2.72 bits per heavy atom. The van der Waals surface area contributed by atoms with Gasteiger partial charge in [0, 0.05) is 39.1 Å². The third-order valence-corrected chi connectivity index (χ3v) is 6.06. The average molecular weight is 548 g/mol. The van der Waals surface area contributed by atoms with E-state index in [1.54, 1.807) is 7.05 Å². The summed E-state index contributed by atoms with van der Waals surface area (Å²) in [6, 6.07) is 15.4. The minimum atomic E-state index is 0. The first kappa shape index (κ1) is 24.4. The zero-order chi connectivity index (χ0) is 21.6. The van der Waals surface area contributed by atoms with Gasteiger partial charge in [-0.2, -0.15) is 0 Å². The zero-order valence-corrected chi connectivity index (χ0v) is 21.2. The summed E-state index contributed by atoms with van der Waals surface area (Å²) in [6.45, 7) is 4.99. The van der Waals surface area contributed by atoms with Gasteiger partial charge in [0.25, 0.3) is 0 Å². The Labute approximate surface area is 207 Å². The Bertz CT molecular complexity index is 945. The zero-order valence-electron chi connectivity index (χ0n) is 18.9. The van der Waals surface area contributed by atoms with Gasteiger partial charge >= 0.3 is 0 Å². The van der Waals surface area contributed by atoms with E-state index >= 15 is 0 Å². The molecular weight excluding hydrogens is 515 g/mol. The Morgan fingerprint density at radius 2 is 1.97 bits per heavy atom. The maximum Gasteiger partial charge on any atom is 0.222 e. The fourth-order valence-corrected chi connectivity index (χ4v) is 4.26. The predicted octanol–water partition coefficient (Wildman–Crippen LogP) is 3.97. The second kappa shape index (κ2) is 11.5. The molecule has 2 aromatic carbocycles. The molecule has 7 heteroatoms. The van der Waals surface area contributed by atoms with Crippen molar-refractivity contribution in [1.82, 2.24) is 15.5 Å². The minimum absolute atomic E-state index is 0. The standard InChI is InChI=1S/C25H32N4O2.HI/c1-3-24(30)29-13-12-22(17-29)28-25(26-2)27-16-18-6-8-19(9-7-18)20-10-11-23-21(15-20)5-4-14-31-23;/h6-11,15,22H,3-5,12-14,16-17H2,1-2H3,(H2,26,27,28);1H. The average Bonchev–Trinajstić information content (AvgIpc) is 3.30. The number of carbonyl (C=O) groups is 1. The van der Waals surface area contributed by atoms with Crippen molar-refractivity contribution in [3.63, 3.8) is 0 Å². The van der Waals surface area contributed by atoms with Crippen LogP contribution in [0.4, 0.5) is 0 Å². The van der Waals surface area contributed by atoms with Gasteiger partial charge in [-0.05, 0) is 53.6 Å². The van der Waals surface area contributed by atoms with Crippen molar-refractivity contribution in [2.24, 2.45) is 4.99 Å². The van der Waals surface area contributed by atoms with E-state index in [4.69, 9.17) is 4.74 Å². The summed E-state index contributed by atoms with van der Waals surface area (Å²) in [5.74, 6) is 2.02. The van der Waals surface area contributed by atoms with Crippen molar-refractivity contribution >= 4 is 35.8 Å². The van der Waals surface area contributed by atoms with Crippen molar-refractivity contribution in [1.29, 1.82) is 0 Å². The number of aliphatic imine (C=N–C) groups is 1. The normalized spacial score (nSPS) is 17.8. The van der Waals surface area contributed by atoms with Crippen LogP contribution in [0, 0.1) is 0 Å². The number of fused-ring (bicyclic) bond motifs is 1. The Hall–Kier alpha value is -2.29. The van der Waals surface area contributed by atoms with Crippen molar-refractivity contribution in [3.8, 4) is 16.9 Å². The molecule has 2 aliphatic heterocycles. The fraction of sp³-hybridized carbons (Fsp3) is 0.440. The summed E-state index contributed by atoms with van der Waals surface area (Å²) in [4.78, 5) is 18.1. The quantitative estimate of drug-likeness (QED) is 0.337. The summed E-state index contributed by atoms with van der Waals surface area (Å²) >= 11 is 0. The van der Waals surface area contributed by atoms with Gasteiger partial charge in [0.05, 0.1) is 6.61 Å². The molecule has 1 unspecified atom stereocenters. The number of aryl methyl sites for hydroxylation is 1. The summed E-state index contributed by atoms with van der Waals surface area (Å²) in [5, 5.41) is 6.83. The summed E-state index contributed by atoms with van der Waals surface area (Å²) < 4.78 is 5.72. The SMILES string of the molecule is CCC(=O)N1CCC(NC(=NC)NCc2ccc(-c3ccc4c(c3)CCCO4)cc2)C1.I. The van der Waals surface area contributed by atoms with E-state index in [2.05, 4.69) is 58.1 Å². The first-order chi connectivity index (χ1) is 15.2. The van der Waals surface area contributed by atoms with Gasteiger partial charge in [-0.3, -0.25) is 9.79 Å². The maximum atomic E-state index is 11.9. The Morgan fingerprint density at radius 1 is 1.19 bits per heavy atom. The molecule has 172 valence electrons. The molecule has 2 heterocycles. The smallest absolute Gasteiger partial charge is 0.222 e. The molecule has 0 saturated carbocycles. The molecule has 0 spiro atoms. The number of nitrogens with one attached hydrogen (secondary N) is 2. The number of hydrogen-bond donors (Lipinski definition) is 2. The van der Waals surface area contributed by atoms with Gasteiger partial charge in [-0.15, -0.1) is 24.0 Å². The summed E-state index contributed by atoms with van der Waals surface area (Å²) in [7, 11) is 1.78. The Kier molecular flexibility index (Phi) is 8.78. The molecule has 1 amide bonds. The van der Waals surface area contributed by atoms with Crippen LogP contribution in [0.2, 0.25) is 0 Å². The van der Waals surface area contributed by atoms with Crippen LogP contribution in [0.1, 0.15) is 37.3 Å². The van der Waals surface area contributed by atoms with E-state index in [1.165, 1.54) is 22.3 Å². The number of hydrogen-bond acceptors (Lipinski definition) is 3. The maximum absolute atomic E-state index is 11.9. The number of benzene rings is 2. The second-order valence-electron chi connectivity index (χ2n) is 8.22. The number of carbonyl (C=O) groups excluding carboxylic acids is 1. The lowest BCUT2D eigenvalue weighted by molar-refractivity contribution is -0.129. The van der Waals surface area contributed by atoms with Gasteiger partial charge < -0.3 is 20.3 Å². The fourth-order valence-electron chi connectivity index (χ4n) is 4.26. The Balaban J connectivity index is 0.00000289. The molecule has 0 bridgehead atoms. The third kappa shape index (κ3) is 5.94. The first-order valence-corrected chi connectivity index (χ1v) is 11.3. The van der Waals surface area contributed by atoms with Crippen molar-refractivity contribution in [3.05, 3.63) is 53.6 Å². The molecule has 32 heavy (non-hydrogen) atoms. The number of ether oxygens (including phenoxy) is 1. The van der Waals surface area contributed by atoms with E-state index < -0.39 is 0 Å². The number of rotatable bonds is 5. The van der Waals surface area contributed by atoms with Crippen LogP contribution < -0.4 is 15.4 Å². The van der Waals surface area contributed by atoms with Crippen molar-refractivity contribution in [2.75, 3.05) is 26.7 Å². The van der Waals surface area contributed by atoms with Gasteiger partial charge in [-0.25, -0.2) is 0 Å². The van der Waals surface area contributed by atoms with E-state index in [0.29, 0.717) is 13.0 Å². The van der Waals surface area contributed by atoms with Gasteiger partial charge in [0.15, 0.2) is 5.96 Å². The van der Waals surface area contributed by atoms with Gasteiger partial charge in [0.2, 0.25) is 5.91 Å². The van der Waals surface area contributed by atoms with Crippen molar-refractivity contribution in [2.45, 2.75) is 45.2 Å². The number of amides is 1.